The minimum absolute atomic E-state index is 0.0959. The molecule has 0 amide bonds. The average Bonchev–Trinajstić information content (AvgIpc) is 2.38. The minimum atomic E-state index is -3.88. The topological polar surface area (TPSA) is 98.9 Å². The maximum Gasteiger partial charge on any atom is 0.321 e. The zero-order valence-corrected chi connectivity index (χ0v) is 11.7. The van der Waals surface area contributed by atoms with Gasteiger partial charge in [0.1, 0.15) is 17.2 Å². The van der Waals surface area contributed by atoms with Gasteiger partial charge >= 0.3 is 5.97 Å². The van der Waals surface area contributed by atoms with Crippen molar-refractivity contribution in [2.45, 2.75) is 4.90 Å². The molecule has 1 rings (SSSR count). The molecule has 0 heterocycles. The number of nitrogens with two attached hydrogens (primary N) is 1. The summed E-state index contributed by atoms with van der Waals surface area (Å²) < 4.78 is 34.9. The molecule has 0 saturated carbocycles. The summed E-state index contributed by atoms with van der Waals surface area (Å²) in [6.07, 6.45) is 0. The Kier molecular flexibility index (Phi) is 4.73. The Bertz CT molecular complexity index is 570. The Morgan fingerprint density at radius 1 is 1.37 bits per heavy atom. The molecule has 0 unspecified atom stereocenters. The summed E-state index contributed by atoms with van der Waals surface area (Å²) in [5, 5.41) is 0. The second-order valence-corrected chi connectivity index (χ2v) is 5.76. The molecule has 0 aromatic heterocycles. The molecule has 19 heavy (non-hydrogen) atoms. The number of hydrogen-bond donors (Lipinski definition) is 1. The molecule has 0 aliphatic rings. The van der Waals surface area contributed by atoms with Gasteiger partial charge < -0.3 is 15.2 Å². The molecule has 0 bridgehead atoms. The first kappa shape index (κ1) is 15.3. The molecule has 1 aromatic carbocycles. The van der Waals surface area contributed by atoms with Gasteiger partial charge in [0.15, 0.2) is 0 Å². The van der Waals surface area contributed by atoms with Crippen LogP contribution in [0.4, 0.5) is 5.69 Å². The number of benzene rings is 1. The average molecular weight is 288 g/mol. The number of methoxy groups -OCH3 is 2. The van der Waals surface area contributed by atoms with Crippen molar-refractivity contribution in [1.82, 2.24) is 4.31 Å². The van der Waals surface area contributed by atoms with Crippen LogP contribution in [0.3, 0.4) is 0 Å². The quantitative estimate of drug-likeness (QED) is 0.608. The maximum absolute atomic E-state index is 12.3. The monoisotopic (exact) mass is 288 g/mol. The fraction of sp³-hybridized carbons (Fsp3) is 0.364. The van der Waals surface area contributed by atoms with Crippen LogP contribution in [0, 0.1) is 0 Å². The Hall–Kier alpha value is -1.80. The van der Waals surface area contributed by atoms with Gasteiger partial charge in [-0.2, -0.15) is 4.31 Å². The van der Waals surface area contributed by atoms with Crippen molar-refractivity contribution in [3.8, 4) is 5.75 Å². The van der Waals surface area contributed by atoms with Crippen LogP contribution < -0.4 is 10.5 Å². The van der Waals surface area contributed by atoms with E-state index in [0.717, 1.165) is 4.31 Å². The predicted molar refractivity (Wildman–Crippen MR) is 69.2 cm³/mol. The van der Waals surface area contributed by atoms with E-state index < -0.39 is 22.5 Å². The highest BCUT2D eigenvalue weighted by molar-refractivity contribution is 7.89. The van der Waals surface area contributed by atoms with Gasteiger partial charge in [0.05, 0.1) is 14.2 Å². The van der Waals surface area contributed by atoms with Crippen molar-refractivity contribution in [2.75, 3.05) is 33.5 Å². The molecule has 2 N–H and O–H groups in total. The van der Waals surface area contributed by atoms with Crippen LogP contribution in [0.5, 0.6) is 5.75 Å². The van der Waals surface area contributed by atoms with E-state index in [9.17, 15) is 13.2 Å². The summed E-state index contributed by atoms with van der Waals surface area (Å²) in [6.45, 7) is -0.392. The van der Waals surface area contributed by atoms with Gasteiger partial charge in [-0.3, -0.25) is 4.79 Å². The SMILES string of the molecule is COC(=O)CN(C)S(=O)(=O)c1cc(N)ccc1OC. The Labute approximate surface area is 112 Å². The van der Waals surface area contributed by atoms with Crippen molar-refractivity contribution in [2.24, 2.45) is 0 Å². The lowest BCUT2D eigenvalue weighted by Gasteiger charge is -2.18. The number of anilines is 1. The third-order valence-corrected chi connectivity index (χ3v) is 4.28. The summed E-state index contributed by atoms with van der Waals surface area (Å²) in [6, 6.07) is 4.26. The maximum atomic E-state index is 12.3. The van der Waals surface area contributed by atoms with Gasteiger partial charge in [0.2, 0.25) is 10.0 Å². The van der Waals surface area contributed by atoms with E-state index in [1.54, 1.807) is 0 Å². The first-order chi connectivity index (χ1) is 8.82. The lowest BCUT2D eigenvalue weighted by molar-refractivity contribution is -0.140. The zero-order chi connectivity index (χ0) is 14.6. The molecule has 1 aromatic rings. The largest absolute Gasteiger partial charge is 0.495 e. The fourth-order valence-corrected chi connectivity index (χ4v) is 2.70. The van der Waals surface area contributed by atoms with E-state index in [-0.39, 0.29) is 16.3 Å². The van der Waals surface area contributed by atoms with Crippen molar-refractivity contribution < 1.29 is 22.7 Å². The summed E-state index contributed by atoms with van der Waals surface area (Å²) in [7, 11) is -0.0728. The van der Waals surface area contributed by atoms with Crippen molar-refractivity contribution in [3.05, 3.63) is 18.2 Å². The van der Waals surface area contributed by atoms with Gasteiger partial charge in [-0.25, -0.2) is 8.42 Å². The van der Waals surface area contributed by atoms with E-state index in [4.69, 9.17) is 10.5 Å². The van der Waals surface area contributed by atoms with Crippen LogP contribution in [0.15, 0.2) is 23.1 Å². The molecule has 0 aliphatic heterocycles. The minimum Gasteiger partial charge on any atom is -0.495 e. The first-order valence-electron chi connectivity index (χ1n) is 5.29. The van der Waals surface area contributed by atoms with Gasteiger partial charge in [-0.05, 0) is 18.2 Å². The lowest BCUT2D eigenvalue weighted by atomic mass is 10.3. The van der Waals surface area contributed by atoms with E-state index in [2.05, 4.69) is 4.74 Å². The van der Waals surface area contributed by atoms with Crippen LogP contribution in [-0.4, -0.2) is 46.5 Å². The zero-order valence-electron chi connectivity index (χ0n) is 10.9. The number of esters is 1. The fourth-order valence-electron chi connectivity index (χ4n) is 1.39. The number of carbonyl (C=O) groups is 1. The summed E-state index contributed by atoms with van der Waals surface area (Å²) >= 11 is 0. The molecule has 0 fully saturated rings. The normalized spacial score (nSPS) is 11.4. The molecule has 0 spiro atoms. The van der Waals surface area contributed by atoms with Crippen LogP contribution in [0.2, 0.25) is 0 Å². The number of ether oxygens (including phenoxy) is 2. The number of carbonyl (C=O) groups excluding carboxylic acids is 1. The van der Waals surface area contributed by atoms with Crippen molar-refractivity contribution in [3.63, 3.8) is 0 Å². The van der Waals surface area contributed by atoms with Crippen LogP contribution in [0.1, 0.15) is 0 Å². The molecule has 7 nitrogen and oxygen atoms in total. The standard InChI is InChI=1S/C11H16N2O5S/c1-13(7-11(14)18-3)19(15,16)10-6-8(12)4-5-9(10)17-2/h4-6H,7,12H2,1-3H3. The van der Waals surface area contributed by atoms with Crippen LogP contribution in [-0.2, 0) is 19.6 Å². The van der Waals surface area contributed by atoms with Gasteiger partial charge in [-0.15, -0.1) is 0 Å². The molecule has 8 heteroatoms. The molecule has 106 valence electrons. The van der Waals surface area contributed by atoms with E-state index in [0.29, 0.717) is 0 Å². The Balaban J connectivity index is 3.19. The molecular formula is C11H16N2O5S. The Morgan fingerprint density at radius 3 is 2.53 bits per heavy atom. The highest BCUT2D eigenvalue weighted by atomic mass is 32.2. The number of likely N-dealkylation sites (N-methyl/N-ethyl adjacent to an activating group) is 1. The summed E-state index contributed by atoms with van der Waals surface area (Å²) in [5.41, 5.74) is 5.86. The van der Waals surface area contributed by atoms with E-state index in [1.165, 1.54) is 39.5 Å². The molecule has 0 aliphatic carbocycles. The van der Waals surface area contributed by atoms with Gasteiger partial charge in [0, 0.05) is 12.7 Å². The highest BCUT2D eigenvalue weighted by Crippen LogP contribution is 2.28. The third-order valence-electron chi connectivity index (χ3n) is 2.46. The number of nitrogens with zero attached hydrogens (tertiary/aromatic N) is 1. The number of hydrogen-bond acceptors (Lipinski definition) is 6. The Morgan fingerprint density at radius 2 is 2.00 bits per heavy atom. The van der Waals surface area contributed by atoms with E-state index >= 15 is 0 Å². The first-order valence-corrected chi connectivity index (χ1v) is 6.73. The highest BCUT2D eigenvalue weighted by Gasteiger charge is 2.26. The molecule has 0 saturated heterocycles. The second kappa shape index (κ2) is 5.89. The van der Waals surface area contributed by atoms with E-state index in [1.807, 2.05) is 0 Å². The van der Waals surface area contributed by atoms with Gasteiger partial charge in [-0.1, -0.05) is 0 Å². The van der Waals surface area contributed by atoms with Crippen molar-refractivity contribution >= 4 is 21.7 Å². The van der Waals surface area contributed by atoms with Crippen molar-refractivity contribution in [1.29, 1.82) is 0 Å². The predicted octanol–water partition coefficient (Wildman–Crippen LogP) is 0.0709. The van der Waals surface area contributed by atoms with Gasteiger partial charge in [0.25, 0.3) is 0 Å². The summed E-state index contributed by atoms with van der Waals surface area (Å²) in [5.74, 6) is -0.500. The molecular weight excluding hydrogens is 272 g/mol. The molecule has 0 radical (unpaired) electrons. The third kappa shape index (κ3) is 3.36. The number of rotatable bonds is 5. The van der Waals surface area contributed by atoms with Crippen LogP contribution in [0.25, 0.3) is 0 Å². The second-order valence-electron chi connectivity index (χ2n) is 3.75. The van der Waals surface area contributed by atoms with Crippen LogP contribution >= 0.6 is 0 Å². The lowest BCUT2D eigenvalue weighted by Crippen LogP contribution is -2.33. The smallest absolute Gasteiger partial charge is 0.321 e. The molecule has 0 atom stereocenters. The number of sulfonamides is 1. The number of nitrogen functional groups attached to an aromatic ring is 1. The summed E-state index contributed by atoms with van der Waals surface area (Å²) in [4.78, 5) is 11.0.